The third-order valence-electron chi connectivity index (χ3n) is 4.04. The Morgan fingerprint density at radius 1 is 0.963 bits per heavy atom. The Hall–Kier alpha value is -3.87. The number of nitrogens with zero attached hydrogens (tertiary/aromatic N) is 1. The molecular formula is C20H15N3O4. The van der Waals surface area contributed by atoms with Gasteiger partial charge in [-0.25, -0.2) is 4.98 Å². The summed E-state index contributed by atoms with van der Waals surface area (Å²) in [5.74, 6) is -0.614. The van der Waals surface area contributed by atoms with Crippen LogP contribution in [0.4, 0.5) is 0 Å². The maximum atomic E-state index is 12.3. The lowest BCUT2D eigenvalue weighted by molar-refractivity contribution is -0.117. The topological polar surface area (TPSA) is 97.4 Å². The smallest absolute Gasteiger partial charge is 0.305 e. The number of carbonyl (C=O) groups excluding carboxylic acids is 2. The number of hydrogen-bond donors (Lipinski definition) is 2. The molecule has 0 fully saturated rings. The number of hydrogen-bond acceptors (Lipinski definition) is 5. The predicted octanol–water partition coefficient (Wildman–Crippen LogP) is 3.36. The Morgan fingerprint density at radius 2 is 1.70 bits per heavy atom. The maximum Gasteiger partial charge on any atom is 0.305 e. The van der Waals surface area contributed by atoms with Crippen molar-refractivity contribution in [2.24, 2.45) is 0 Å². The van der Waals surface area contributed by atoms with Crippen molar-refractivity contribution in [1.82, 2.24) is 15.8 Å². The largest absolute Gasteiger partial charge is 0.451 e. The summed E-state index contributed by atoms with van der Waals surface area (Å²) in [7, 11) is 0. The molecule has 7 heteroatoms. The summed E-state index contributed by atoms with van der Waals surface area (Å²) in [6.45, 7) is 1.79. The molecule has 0 atom stereocenters. The minimum atomic E-state index is -0.535. The van der Waals surface area contributed by atoms with Crippen LogP contribution < -0.4 is 10.9 Å². The van der Waals surface area contributed by atoms with Gasteiger partial charge in [0.1, 0.15) is 11.1 Å². The molecule has 0 spiro atoms. The fourth-order valence-electron chi connectivity index (χ4n) is 2.72. The van der Waals surface area contributed by atoms with E-state index in [-0.39, 0.29) is 5.76 Å². The van der Waals surface area contributed by atoms with Gasteiger partial charge in [0.05, 0.1) is 0 Å². The third-order valence-corrected chi connectivity index (χ3v) is 4.04. The van der Waals surface area contributed by atoms with Crippen molar-refractivity contribution >= 4 is 40.0 Å². The number of rotatable bonds is 3. The van der Waals surface area contributed by atoms with Gasteiger partial charge in [0, 0.05) is 23.1 Å². The molecule has 4 aromatic rings. The van der Waals surface area contributed by atoms with Gasteiger partial charge in [0.15, 0.2) is 11.3 Å². The van der Waals surface area contributed by atoms with E-state index in [0.717, 1.165) is 5.39 Å². The summed E-state index contributed by atoms with van der Waals surface area (Å²) in [6, 6.07) is 14.6. The van der Waals surface area contributed by atoms with Crippen LogP contribution in [0, 0.1) is 6.92 Å². The number of hydrazine groups is 1. The summed E-state index contributed by atoms with van der Waals surface area (Å²) in [5, 5.41) is 0.852. The van der Waals surface area contributed by atoms with Crippen molar-refractivity contribution in [3.63, 3.8) is 0 Å². The summed E-state index contributed by atoms with van der Waals surface area (Å²) in [6.07, 6.45) is 2.64. The molecule has 27 heavy (non-hydrogen) atoms. The van der Waals surface area contributed by atoms with Gasteiger partial charge in [-0.05, 0) is 25.1 Å². The van der Waals surface area contributed by atoms with Gasteiger partial charge in [-0.3, -0.25) is 20.4 Å². The Kier molecular flexibility index (Phi) is 4.18. The van der Waals surface area contributed by atoms with Crippen molar-refractivity contribution in [3.05, 3.63) is 71.8 Å². The number of carbonyl (C=O) groups is 2. The summed E-state index contributed by atoms with van der Waals surface area (Å²) < 4.78 is 11.0. The highest BCUT2D eigenvalue weighted by molar-refractivity contribution is 6.00. The Labute approximate surface area is 153 Å². The van der Waals surface area contributed by atoms with Crippen molar-refractivity contribution in [2.45, 2.75) is 6.92 Å². The molecule has 0 radical (unpaired) electrons. The van der Waals surface area contributed by atoms with E-state index in [9.17, 15) is 9.59 Å². The molecule has 0 aliphatic heterocycles. The molecule has 2 heterocycles. The first-order valence-electron chi connectivity index (χ1n) is 8.24. The summed E-state index contributed by atoms with van der Waals surface area (Å²) in [5.41, 5.74) is 7.28. The predicted molar refractivity (Wildman–Crippen MR) is 99.6 cm³/mol. The first-order chi connectivity index (χ1) is 13.1. The Morgan fingerprint density at radius 3 is 2.48 bits per heavy atom. The zero-order chi connectivity index (χ0) is 18.8. The SMILES string of the molecule is Cc1c(C(=O)NNC(=O)/C=C/c2nc3ccccc3o2)oc2ccccc12. The number of oxazole rings is 1. The van der Waals surface area contributed by atoms with Gasteiger partial charge in [-0.2, -0.15) is 0 Å². The van der Waals surface area contributed by atoms with Crippen LogP contribution in [0.1, 0.15) is 22.0 Å². The quantitative estimate of drug-likeness (QED) is 0.431. The zero-order valence-electron chi connectivity index (χ0n) is 14.4. The molecule has 0 saturated carbocycles. The lowest BCUT2D eigenvalue weighted by Crippen LogP contribution is -2.40. The van der Waals surface area contributed by atoms with Crippen LogP contribution in [-0.4, -0.2) is 16.8 Å². The molecule has 134 valence electrons. The number of benzene rings is 2. The van der Waals surface area contributed by atoms with Crippen LogP contribution in [0.15, 0.2) is 63.4 Å². The fourth-order valence-corrected chi connectivity index (χ4v) is 2.72. The van der Waals surface area contributed by atoms with Crippen LogP contribution in [0.5, 0.6) is 0 Å². The number of nitrogens with one attached hydrogen (secondary N) is 2. The van der Waals surface area contributed by atoms with Crippen LogP contribution in [0.3, 0.4) is 0 Å². The number of aromatic nitrogens is 1. The molecular weight excluding hydrogens is 346 g/mol. The number of amides is 2. The number of furan rings is 1. The van der Waals surface area contributed by atoms with E-state index in [1.807, 2.05) is 36.4 Å². The van der Waals surface area contributed by atoms with Crippen molar-refractivity contribution in [3.8, 4) is 0 Å². The molecule has 0 aliphatic rings. The van der Waals surface area contributed by atoms with Crippen LogP contribution in [-0.2, 0) is 4.79 Å². The molecule has 2 aromatic carbocycles. The minimum absolute atomic E-state index is 0.152. The van der Waals surface area contributed by atoms with E-state index in [4.69, 9.17) is 8.83 Å². The molecule has 0 saturated heterocycles. The standard InChI is InChI=1S/C20H15N3O4/c1-12-13-6-2-4-8-15(13)27-19(12)20(25)23-22-17(24)10-11-18-21-14-7-3-5-9-16(14)26-18/h2-11H,1H3,(H,22,24)(H,23,25)/b11-10+. The highest BCUT2D eigenvalue weighted by atomic mass is 16.4. The Balaban J connectivity index is 1.40. The third kappa shape index (κ3) is 3.30. The first-order valence-corrected chi connectivity index (χ1v) is 8.24. The van der Waals surface area contributed by atoms with E-state index in [1.54, 1.807) is 19.1 Å². The van der Waals surface area contributed by atoms with Crippen molar-refractivity contribution in [1.29, 1.82) is 0 Å². The second kappa shape index (κ2) is 6.80. The summed E-state index contributed by atoms with van der Waals surface area (Å²) >= 11 is 0. The van der Waals surface area contributed by atoms with Gasteiger partial charge in [-0.1, -0.05) is 30.3 Å². The molecule has 2 N–H and O–H groups in total. The first kappa shape index (κ1) is 16.6. The van der Waals surface area contributed by atoms with E-state index >= 15 is 0 Å². The maximum absolute atomic E-state index is 12.3. The van der Waals surface area contributed by atoms with Gasteiger partial charge in [0.2, 0.25) is 5.89 Å². The van der Waals surface area contributed by atoms with E-state index in [0.29, 0.717) is 28.1 Å². The molecule has 0 unspecified atom stereocenters. The number of fused-ring (bicyclic) bond motifs is 2. The van der Waals surface area contributed by atoms with Crippen molar-refractivity contribution in [2.75, 3.05) is 0 Å². The lowest BCUT2D eigenvalue weighted by Gasteiger charge is -2.03. The lowest BCUT2D eigenvalue weighted by atomic mass is 10.1. The number of para-hydroxylation sites is 3. The van der Waals surface area contributed by atoms with Crippen LogP contribution in [0.25, 0.3) is 28.1 Å². The minimum Gasteiger partial charge on any atom is -0.451 e. The fraction of sp³-hybridized carbons (Fsp3) is 0.0500. The van der Waals surface area contributed by atoms with Crippen LogP contribution in [0.2, 0.25) is 0 Å². The van der Waals surface area contributed by atoms with Crippen molar-refractivity contribution < 1.29 is 18.4 Å². The highest BCUT2D eigenvalue weighted by Crippen LogP contribution is 2.24. The van der Waals surface area contributed by atoms with Gasteiger partial charge < -0.3 is 8.83 Å². The molecule has 2 amide bonds. The monoisotopic (exact) mass is 361 g/mol. The van der Waals surface area contributed by atoms with E-state index < -0.39 is 11.8 Å². The molecule has 0 bridgehead atoms. The second-order valence-corrected chi connectivity index (χ2v) is 5.85. The van der Waals surface area contributed by atoms with Gasteiger partial charge >= 0.3 is 5.91 Å². The summed E-state index contributed by atoms with van der Waals surface area (Å²) in [4.78, 5) is 28.4. The normalized spacial score (nSPS) is 11.3. The average Bonchev–Trinajstić information content (AvgIpc) is 3.25. The molecule has 2 aromatic heterocycles. The number of aryl methyl sites for hydroxylation is 1. The molecule has 0 aliphatic carbocycles. The molecule has 4 rings (SSSR count). The highest BCUT2D eigenvalue weighted by Gasteiger charge is 2.17. The van der Waals surface area contributed by atoms with Gasteiger partial charge in [0.25, 0.3) is 5.91 Å². The molecule has 7 nitrogen and oxygen atoms in total. The van der Waals surface area contributed by atoms with Crippen LogP contribution >= 0.6 is 0 Å². The van der Waals surface area contributed by atoms with E-state index in [2.05, 4.69) is 15.8 Å². The van der Waals surface area contributed by atoms with E-state index in [1.165, 1.54) is 12.2 Å². The Bertz CT molecular complexity index is 1150. The second-order valence-electron chi connectivity index (χ2n) is 5.85. The zero-order valence-corrected chi connectivity index (χ0v) is 14.4. The van der Waals surface area contributed by atoms with Gasteiger partial charge in [-0.15, -0.1) is 0 Å². The average molecular weight is 361 g/mol.